The number of ether oxygens (including phenoxy) is 1. The molecule has 1 amide bonds. The molecule has 0 aliphatic heterocycles. The molecule has 124 valence electrons. The number of aromatic nitrogens is 1. The fraction of sp³-hybridized carbons (Fsp3) is 0.444. The minimum Gasteiger partial charge on any atom is -0.487 e. The van der Waals surface area contributed by atoms with Gasteiger partial charge in [-0.1, -0.05) is 19.9 Å². The first kappa shape index (κ1) is 17.5. The predicted molar refractivity (Wildman–Crippen MR) is 94.1 cm³/mol. The maximum Gasteiger partial charge on any atom is 0.253 e. The number of benzene rings is 1. The van der Waals surface area contributed by atoms with Crippen LogP contribution in [-0.4, -0.2) is 28.9 Å². The number of carbonyl (C=O) groups is 1. The molecule has 23 heavy (non-hydrogen) atoms. The average molecular weight is 332 g/mol. The van der Waals surface area contributed by atoms with E-state index in [1.165, 1.54) is 0 Å². The molecule has 1 heterocycles. The number of amides is 1. The van der Waals surface area contributed by atoms with Gasteiger partial charge in [-0.3, -0.25) is 4.79 Å². The minimum atomic E-state index is 0.0728. The summed E-state index contributed by atoms with van der Waals surface area (Å²) in [5.41, 5.74) is 1.60. The summed E-state index contributed by atoms with van der Waals surface area (Å²) in [7, 11) is 0. The van der Waals surface area contributed by atoms with Crippen LogP contribution in [0.2, 0.25) is 0 Å². The molecule has 0 aliphatic rings. The Labute approximate surface area is 142 Å². The Morgan fingerprint density at radius 3 is 2.61 bits per heavy atom. The number of hydrogen-bond acceptors (Lipinski definition) is 4. The number of nitrogens with zero attached hydrogens (tertiary/aromatic N) is 2. The van der Waals surface area contributed by atoms with Gasteiger partial charge in [0, 0.05) is 24.0 Å². The van der Waals surface area contributed by atoms with Crippen molar-refractivity contribution in [3.05, 3.63) is 45.9 Å². The highest BCUT2D eigenvalue weighted by molar-refractivity contribution is 7.09. The zero-order valence-corrected chi connectivity index (χ0v) is 14.9. The van der Waals surface area contributed by atoms with E-state index in [2.05, 4.69) is 18.8 Å². The number of aryl methyl sites for hydroxylation is 1. The summed E-state index contributed by atoms with van der Waals surface area (Å²) in [6, 6.07) is 7.41. The maximum atomic E-state index is 12.6. The summed E-state index contributed by atoms with van der Waals surface area (Å²) in [5, 5.41) is 3.02. The van der Waals surface area contributed by atoms with E-state index in [0.717, 1.165) is 36.6 Å². The average Bonchev–Trinajstić information content (AvgIpc) is 2.98. The van der Waals surface area contributed by atoms with Crippen molar-refractivity contribution in [1.82, 2.24) is 9.88 Å². The van der Waals surface area contributed by atoms with Crippen LogP contribution in [0.15, 0.2) is 29.6 Å². The summed E-state index contributed by atoms with van der Waals surface area (Å²) < 4.78 is 5.77. The molecule has 0 bridgehead atoms. The Hall–Kier alpha value is -1.88. The molecular formula is C18H24N2O2S. The topological polar surface area (TPSA) is 42.4 Å². The van der Waals surface area contributed by atoms with Gasteiger partial charge in [-0.05, 0) is 38.0 Å². The van der Waals surface area contributed by atoms with Gasteiger partial charge in [0.15, 0.2) is 0 Å². The number of carbonyl (C=O) groups excluding carboxylic acids is 1. The zero-order chi connectivity index (χ0) is 16.7. The molecule has 1 aromatic carbocycles. The van der Waals surface area contributed by atoms with Crippen molar-refractivity contribution >= 4 is 17.2 Å². The summed E-state index contributed by atoms with van der Waals surface area (Å²) >= 11 is 1.61. The van der Waals surface area contributed by atoms with E-state index in [1.54, 1.807) is 11.3 Å². The van der Waals surface area contributed by atoms with Gasteiger partial charge in [0.05, 0.1) is 10.7 Å². The van der Waals surface area contributed by atoms with E-state index in [0.29, 0.717) is 17.9 Å². The zero-order valence-electron chi connectivity index (χ0n) is 14.0. The lowest BCUT2D eigenvalue weighted by Crippen LogP contribution is -2.32. The molecule has 2 aromatic rings. The first-order valence-corrected chi connectivity index (χ1v) is 8.95. The molecule has 0 spiro atoms. The highest BCUT2D eigenvalue weighted by Crippen LogP contribution is 2.18. The fourth-order valence-corrected chi connectivity index (χ4v) is 2.99. The Balaban J connectivity index is 2.04. The normalized spacial score (nSPS) is 10.6. The van der Waals surface area contributed by atoms with Crippen LogP contribution in [0.1, 0.15) is 47.7 Å². The molecule has 5 heteroatoms. The number of hydrogen-bond donors (Lipinski definition) is 0. The van der Waals surface area contributed by atoms with Crippen LogP contribution in [0.25, 0.3) is 0 Å². The number of thiazole rings is 1. The van der Waals surface area contributed by atoms with Crippen molar-refractivity contribution in [2.24, 2.45) is 0 Å². The summed E-state index contributed by atoms with van der Waals surface area (Å²) in [5.74, 6) is 0.776. The van der Waals surface area contributed by atoms with Gasteiger partial charge in [-0.2, -0.15) is 0 Å². The standard InChI is InChI=1S/C18H24N2O2S/c1-4-9-20(10-5-2)18(21)15-7-6-8-17(11-15)22-12-16-13-23-14(3)19-16/h6-8,11,13H,4-5,9-10,12H2,1-3H3. The predicted octanol–water partition coefficient (Wildman–Crippen LogP) is 4.29. The van der Waals surface area contributed by atoms with Gasteiger partial charge in [-0.15, -0.1) is 11.3 Å². The van der Waals surface area contributed by atoms with Crippen molar-refractivity contribution in [3.63, 3.8) is 0 Å². The van der Waals surface area contributed by atoms with Crippen LogP contribution in [0.3, 0.4) is 0 Å². The van der Waals surface area contributed by atoms with Crippen molar-refractivity contribution < 1.29 is 9.53 Å². The van der Waals surface area contributed by atoms with Crippen molar-refractivity contribution in [2.75, 3.05) is 13.1 Å². The molecule has 0 aliphatic carbocycles. The lowest BCUT2D eigenvalue weighted by atomic mass is 10.1. The first-order valence-electron chi connectivity index (χ1n) is 8.07. The fourth-order valence-electron chi connectivity index (χ4n) is 2.39. The second-order valence-corrected chi connectivity index (χ2v) is 6.53. The van der Waals surface area contributed by atoms with Gasteiger partial charge >= 0.3 is 0 Å². The van der Waals surface area contributed by atoms with Gasteiger partial charge in [-0.25, -0.2) is 4.98 Å². The third-order valence-corrected chi connectivity index (χ3v) is 4.23. The Bertz CT molecular complexity index is 633. The lowest BCUT2D eigenvalue weighted by molar-refractivity contribution is 0.0755. The third-order valence-electron chi connectivity index (χ3n) is 3.41. The van der Waals surface area contributed by atoms with Gasteiger partial charge in [0.2, 0.25) is 0 Å². The van der Waals surface area contributed by atoms with Crippen LogP contribution in [0.5, 0.6) is 5.75 Å². The SMILES string of the molecule is CCCN(CCC)C(=O)c1cccc(OCc2csc(C)n2)c1. The Morgan fingerprint density at radius 1 is 1.26 bits per heavy atom. The van der Waals surface area contributed by atoms with Crippen LogP contribution in [0.4, 0.5) is 0 Å². The molecule has 4 nitrogen and oxygen atoms in total. The van der Waals surface area contributed by atoms with E-state index in [9.17, 15) is 4.79 Å². The molecule has 0 N–H and O–H groups in total. The molecule has 0 atom stereocenters. The molecule has 2 rings (SSSR count). The molecule has 0 saturated carbocycles. The summed E-state index contributed by atoms with van der Waals surface area (Å²) in [6.45, 7) is 8.15. The first-order chi connectivity index (χ1) is 11.1. The molecular weight excluding hydrogens is 308 g/mol. The Kier molecular flexibility index (Phi) is 6.59. The van der Waals surface area contributed by atoms with Gasteiger partial charge in [0.25, 0.3) is 5.91 Å². The van der Waals surface area contributed by atoms with Crippen molar-refractivity contribution in [2.45, 2.75) is 40.2 Å². The molecule has 1 aromatic heterocycles. The molecule has 0 unspecified atom stereocenters. The van der Waals surface area contributed by atoms with Gasteiger partial charge in [0.1, 0.15) is 12.4 Å². The minimum absolute atomic E-state index is 0.0728. The quantitative estimate of drug-likeness (QED) is 0.724. The Morgan fingerprint density at radius 2 is 2.00 bits per heavy atom. The highest BCUT2D eigenvalue weighted by Gasteiger charge is 2.14. The van der Waals surface area contributed by atoms with Crippen molar-refractivity contribution in [1.29, 1.82) is 0 Å². The van der Waals surface area contributed by atoms with E-state index < -0.39 is 0 Å². The van der Waals surface area contributed by atoms with E-state index in [4.69, 9.17) is 4.74 Å². The van der Waals surface area contributed by atoms with Crippen LogP contribution in [0, 0.1) is 6.92 Å². The third kappa shape index (κ3) is 5.06. The number of rotatable bonds is 8. The summed E-state index contributed by atoms with van der Waals surface area (Å²) in [4.78, 5) is 18.9. The van der Waals surface area contributed by atoms with E-state index in [1.807, 2.05) is 41.5 Å². The van der Waals surface area contributed by atoms with Crippen LogP contribution >= 0.6 is 11.3 Å². The second-order valence-electron chi connectivity index (χ2n) is 5.47. The highest BCUT2D eigenvalue weighted by atomic mass is 32.1. The second kappa shape index (κ2) is 8.67. The lowest BCUT2D eigenvalue weighted by Gasteiger charge is -2.21. The monoisotopic (exact) mass is 332 g/mol. The maximum absolute atomic E-state index is 12.6. The van der Waals surface area contributed by atoms with Crippen molar-refractivity contribution in [3.8, 4) is 5.75 Å². The summed E-state index contributed by atoms with van der Waals surface area (Å²) in [6.07, 6.45) is 1.93. The van der Waals surface area contributed by atoms with E-state index in [-0.39, 0.29) is 5.91 Å². The largest absolute Gasteiger partial charge is 0.487 e. The van der Waals surface area contributed by atoms with Crippen LogP contribution < -0.4 is 4.74 Å². The van der Waals surface area contributed by atoms with Gasteiger partial charge < -0.3 is 9.64 Å². The molecule has 0 saturated heterocycles. The van der Waals surface area contributed by atoms with Crippen LogP contribution in [-0.2, 0) is 6.61 Å². The van der Waals surface area contributed by atoms with E-state index >= 15 is 0 Å². The molecule has 0 fully saturated rings. The smallest absolute Gasteiger partial charge is 0.253 e. The molecule has 0 radical (unpaired) electrons.